The molecule has 0 aliphatic carbocycles. The summed E-state index contributed by atoms with van der Waals surface area (Å²) in [5, 5.41) is -1.15. The van der Waals surface area contributed by atoms with Crippen molar-refractivity contribution in [3.8, 4) is 0 Å². The van der Waals surface area contributed by atoms with Gasteiger partial charge in [0.05, 0.1) is 6.61 Å². The topological polar surface area (TPSA) is 43.4 Å². The van der Waals surface area contributed by atoms with Crippen molar-refractivity contribution < 1.29 is 14.3 Å². The summed E-state index contributed by atoms with van der Waals surface area (Å²) in [5.41, 5.74) is 0. The van der Waals surface area contributed by atoms with E-state index in [1.807, 2.05) is 0 Å². The predicted octanol–water partition coefficient (Wildman–Crippen LogP) is -0.293. The number of alkyl halides is 1. The van der Waals surface area contributed by atoms with Crippen molar-refractivity contribution in [1.82, 2.24) is 0 Å². The molecule has 0 aromatic heterocycles. The zero-order chi connectivity index (χ0) is 7.28. The third-order valence-electron chi connectivity index (χ3n) is 0.631. The second-order valence-corrected chi connectivity index (χ2v) is 1.76. The van der Waals surface area contributed by atoms with E-state index in [1.165, 1.54) is 0 Å². The molecule has 1 unspecified atom stereocenters. The van der Waals surface area contributed by atoms with Crippen LogP contribution >= 0.6 is 11.6 Å². The van der Waals surface area contributed by atoms with Crippen LogP contribution in [0, 0.1) is 0 Å². The van der Waals surface area contributed by atoms with Crippen molar-refractivity contribution >= 4 is 53.4 Å². The molecule has 0 rings (SSSR count). The summed E-state index contributed by atoms with van der Waals surface area (Å²) < 4.78 is 4.39. The molecule has 0 fully saturated rings. The van der Waals surface area contributed by atoms with Gasteiger partial charge in [-0.25, -0.2) is 4.79 Å². The van der Waals surface area contributed by atoms with Crippen molar-refractivity contribution in [2.45, 2.75) is 12.3 Å². The van der Waals surface area contributed by atoms with Crippen LogP contribution in [0.15, 0.2) is 0 Å². The Labute approximate surface area is 86.4 Å². The number of esters is 1. The zero-order valence-corrected chi connectivity index (χ0v) is 5.72. The normalized spacial score (nSPS) is 11.0. The van der Waals surface area contributed by atoms with E-state index >= 15 is 0 Å². The molecule has 0 aliphatic rings. The van der Waals surface area contributed by atoms with E-state index in [4.69, 9.17) is 11.6 Å². The molecule has 0 saturated carbocycles. The Morgan fingerprint density at radius 2 is 2.30 bits per heavy atom. The van der Waals surface area contributed by atoms with Crippen LogP contribution in [0.1, 0.15) is 6.92 Å². The first-order chi connectivity index (χ1) is 4.22. The number of hydrogen-bond acceptors (Lipinski definition) is 3. The Hall–Kier alpha value is 0.430. The average molecular weight is 175 g/mol. The predicted molar refractivity (Wildman–Crippen MR) is 39.5 cm³/mol. The monoisotopic (exact) mass is 174 g/mol. The van der Waals surface area contributed by atoms with Crippen molar-refractivity contribution in [2.75, 3.05) is 6.61 Å². The third kappa shape index (κ3) is 5.23. The average Bonchev–Trinajstić information content (AvgIpc) is 1.87. The van der Waals surface area contributed by atoms with Gasteiger partial charge in [0.2, 0.25) is 0 Å². The first kappa shape index (κ1) is 13.1. The summed E-state index contributed by atoms with van der Waals surface area (Å²) in [6.45, 7) is 1.89. The minimum atomic E-state index is -1.15. The van der Waals surface area contributed by atoms with Crippen molar-refractivity contribution in [2.24, 2.45) is 0 Å². The number of ether oxygens (including phenoxy) is 1. The zero-order valence-electron chi connectivity index (χ0n) is 4.96. The van der Waals surface area contributed by atoms with Crippen LogP contribution in [0.4, 0.5) is 0 Å². The maximum absolute atomic E-state index is 10.4. The van der Waals surface area contributed by atoms with Gasteiger partial charge in [-0.15, -0.1) is 11.6 Å². The van der Waals surface area contributed by atoms with Gasteiger partial charge in [-0.3, -0.25) is 0 Å². The molecule has 0 saturated heterocycles. The quantitative estimate of drug-likeness (QED) is 0.194. The van der Waals surface area contributed by atoms with Gasteiger partial charge in [-0.2, -0.15) is 0 Å². The van der Waals surface area contributed by atoms with Gasteiger partial charge < -0.3 is 9.53 Å². The van der Waals surface area contributed by atoms with E-state index in [9.17, 15) is 9.59 Å². The summed E-state index contributed by atoms with van der Waals surface area (Å²) in [4.78, 5) is 20.2. The Morgan fingerprint density at radius 3 is 2.60 bits per heavy atom. The van der Waals surface area contributed by atoms with Crippen LogP contribution < -0.4 is 0 Å². The molecule has 0 aliphatic heterocycles. The van der Waals surface area contributed by atoms with Gasteiger partial charge in [0.15, 0.2) is 5.38 Å². The van der Waals surface area contributed by atoms with Crippen LogP contribution in [-0.4, -0.2) is 53.8 Å². The van der Waals surface area contributed by atoms with E-state index in [0.717, 1.165) is 0 Å². The molecule has 0 amide bonds. The van der Waals surface area contributed by atoms with Crippen LogP contribution in [-0.2, 0) is 14.3 Å². The van der Waals surface area contributed by atoms with Gasteiger partial charge in [0.25, 0.3) is 0 Å². The van der Waals surface area contributed by atoms with Crippen molar-refractivity contribution in [3.05, 3.63) is 0 Å². The molecular formula is C5H8ClNaO3. The molecule has 10 heavy (non-hydrogen) atoms. The number of rotatable bonds is 3. The maximum atomic E-state index is 10.4. The SMILES string of the molecule is CCOC(=O)C(Cl)C=O.[NaH]. The van der Waals surface area contributed by atoms with E-state index in [1.54, 1.807) is 6.92 Å². The van der Waals surface area contributed by atoms with Gasteiger partial charge in [0, 0.05) is 0 Å². The molecule has 0 spiro atoms. The number of aldehydes is 1. The molecule has 54 valence electrons. The fourth-order valence-electron chi connectivity index (χ4n) is 0.277. The van der Waals surface area contributed by atoms with Crippen LogP contribution in [0.3, 0.4) is 0 Å². The molecule has 0 aromatic rings. The molecule has 0 aromatic carbocycles. The minimum absolute atomic E-state index is 0. The summed E-state index contributed by atoms with van der Waals surface area (Å²) >= 11 is 5.15. The van der Waals surface area contributed by atoms with Crippen LogP contribution in [0.2, 0.25) is 0 Å². The van der Waals surface area contributed by atoms with Crippen LogP contribution in [0.25, 0.3) is 0 Å². The molecule has 0 bridgehead atoms. The van der Waals surface area contributed by atoms with E-state index in [-0.39, 0.29) is 36.2 Å². The molecule has 3 nitrogen and oxygen atoms in total. The first-order valence-corrected chi connectivity index (χ1v) is 2.92. The Balaban J connectivity index is 0. The standard InChI is InChI=1S/C5H7ClO3.Na.H/c1-2-9-5(8)4(6)3-7;;/h3-4H,2H2,1H3;;. The number of carbonyl (C=O) groups excluding carboxylic acids is 2. The molecule has 0 radical (unpaired) electrons. The van der Waals surface area contributed by atoms with E-state index < -0.39 is 11.3 Å². The fourth-order valence-corrected chi connectivity index (χ4v) is 0.340. The summed E-state index contributed by atoms with van der Waals surface area (Å²) in [6.07, 6.45) is 0.333. The Bertz CT molecular complexity index is 117. The second-order valence-electron chi connectivity index (χ2n) is 1.29. The number of carbonyl (C=O) groups is 2. The molecule has 1 atom stereocenters. The molecule has 0 heterocycles. The first-order valence-electron chi connectivity index (χ1n) is 2.48. The second kappa shape index (κ2) is 7.54. The summed E-state index contributed by atoms with van der Waals surface area (Å²) in [5.74, 6) is -0.686. The Morgan fingerprint density at radius 1 is 1.80 bits per heavy atom. The molecular weight excluding hydrogens is 166 g/mol. The van der Waals surface area contributed by atoms with Crippen molar-refractivity contribution in [1.29, 1.82) is 0 Å². The van der Waals surface area contributed by atoms with Gasteiger partial charge in [-0.1, -0.05) is 0 Å². The van der Waals surface area contributed by atoms with Gasteiger partial charge in [-0.05, 0) is 6.92 Å². The van der Waals surface area contributed by atoms with Gasteiger partial charge in [0.1, 0.15) is 6.29 Å². The summed E-state index contributed by atoms with van der Waals surface area (Å²) in [7, 11) is 0. The van der Waals surface area contributed by atoms with Gasteiger partial charge >= 0.3 is 35.5 Å². The Kier molecular flexibility index (Phi) is 9.84. The number of hydrogen-bond donors (Lipinski definition) is 0. The van der Waals surface area contributed by atoms with E-state index in [2.05, 4.69) is 4.74 Å². The van der Waals surface area contributed by atoms with Crippen molar-refractivity contribution in [3.63, 3.8) is 0 Å². The summed E-state index contributed by atoms with van der Waals surface area (Å²) in [6, 6.07) is 0. The molecule has 0 N–H and O–H groups in total. The third-order valence-corrected chi connectivity index (χ3v) is 0.912. The fraction of sp³-hybridized carbons (Fsp3) is 0.600. The number of halogens is 1. The van der Waals surface area contributed by atoms with Crippen LogP contribution in [0.5, 0.6) is 0 Å². The van der Waals surface area contributed by atoms with E-state index in [0.29, 0.717) is 6.29 Å². The molecule has 5 heteroatoms.